The summed E-state index contributed by atoms with van der Waals surface area (Å²) in [4.78, 5) is 12.5. The van der Waals surface area contributed by atoms with Crippen LogP contribution >= 0.6 is 39.0 Å². The van der Waals surface area contributed by atoms with Gasteiger partial charge in [-0.1, -0.05) is 41.9 Å². The predicted octanol–water partition coefficient (Wildman–Crippen LogP) is 5.55. The van der Waals surface area contributed by atoms with Gasteiger partial charge in [-0.05, 0) is 30.8 Å². The molecule has 2 aromatic heterocycles. The van der Waals surface area contributed by atoms with E-state index in [1.807, 2.05) is 11.8 Å². The van der Waals surface area contributed by atoms with Crippen LogP contribution in [-0.4, -0.2) is 40.3 Å². The van der Waals surface area contributed by atoms with Crippen LogP contribution in [0.1, 0.15) is 13.8 Å². The monoisotopic (exact) mass is 421 g/mol. The second-order valence-corrected chi connectivity index (χ2v) is 8.25. The third-order valence-electron chi connectivity index (χ3n) is 4.03. The van der Waals surface area contributed by atoms with Crippen molar-refractivity contribution in [3.63, 3.8) is 0 Å². The Kier molecular flexibility index (Phi) is 6.27. The molecule has 0 N–H and O–H groups in total. The van der Waals surface area contributed by atoms with Gasteiger partial charge in [-0.15, -0.1) is 23.1 Å². The molecule has 0 fully saturated rings. The number of halogens is 1. The van der Waals surface area contributed by atoms with E-state index in [-0.39, 0.29) is 0 Å². The Morgan fingerprint density at radius 2 is 1.88 bits per heavy atom. The summed E-state index contributed by atoms with van der Waals surface area (Å²) in [6.07, 6.45) is 1.68. The standard InChI is InChI=1S/C18H20BrN3S2/c1-3-22(4-2)9-10-23-17-16-15(11-24-18(16)21-12-20-17)13-5-7-14(19)8-6-13/h5-8,11-12H,3-4,9-10H2,1-2H3. The van der Waals surface area contributed by atoms with Crippen molar-refractivity contribution in [2.24, 2.45) is 0 Å². The van der Waals surface area contributed by atoms with E-state index < -0.39 is 0 Å². The molecular formula is C18H20BrN3S2. The third kappa shape index (κ3) is 3.99. The maximum atomic E-state index is 4.56. The van der Waals surface area contributed by atoms with Gasteiger partial charge in [0.05, 0.1) is 5.39 Å². The van der Waals surface area contributed by atoms with E-state index in [1.54, 1.807) is 17.7 Å². The average Bonchev–Trinajstić information content (AvgIpc) is 3.04. The summed E-state index contributed by atoms with van der Waals surface area (Å²) in [5.74, 6) is 1.05. The minimum atomic E-state index is 1.05. The van der Waals surface area contributed by atoms with Crippen molar-refractivity contribution in [3.05, 3.63) is 40.4 Å². The molecule has 0 unspecified atom stereocenters. The van der Waals surface area contributed by atoms with Crippen molar-refractivity contribution >= 4 is 49.2 Å². The van der Waals surface area contributed by atoms with Crippen LogP contribution in [0.5, 0.6) is 0 Å². The minimum absolute atomic E-state index is 1.05. The first-order chi connectivity index (χ1) is 11.7. The van der Waals surface area contributed by atoms with E-state index in [1.165, 1.54) is 16.5 Å². The molecule has 3 nitrogen and oxygen atoms in total. The van der Waals surface area contributed by atoms with Crippen molar-refractivity contribution in [2.45, 2.75) is 18.9 Å². The van der Waals surface area contributed by atoms with Gasteiger partial charge in [-0.2, -0.15) is 0 Å². The molecule has 24 heavy (non-hydrogen) atoms. The number of thioether (sulfide) groups is 1. The zero-order chi connectivity index (χ0) is 16.9. The number of aromatic nitrogens is 2. The Bertz CT molecular complexity index is 798. The van der Waals surface area contributed by atoms with Gasteiger partial charge in [0.15, 0.2) is 0 Å². The van der Waals surface area contributed by atoms with Gasteiger partial charge in [-0.3, -0.25) is 0 Å². The normalized spacial score (nSPS) is 11.5. The van der Waals surface area contributed by atoms with E-state index in [0.29, 0.717) is 0 Å². The zero-order valence-corrected chi connectivity index (χ0v) is 17.0. The Morgan fingerprint density at radius 1 is 1.12 bits per heavy atom. The number of fused-ring (bicyclic) bond motifs is 1. The van der Waals surface area contributed by atoms with Crippen molar-refractivity contribution in [1.82, 2.24) is 14.9 Å². The average molecular weight is 422 g/mol. The predicted molar refractivity (Wildman–Crippen MR) is 109 cm³/mol. The fourth-order valence-corrected chi connectivity index (χ4v) is 4.87. The van der Waals surface area contributed by atoms with E-state index >= 15 is 0 Å². The Labute approximate surface area is 159 Å². The molecule has 0 bridgehead atoms. The smallest absolute Gasteiger partial charge is 0.128 e. The second-order valence-electron chi connectivity index (χ2n) is 5.39. The fraction of sp³-hybridized carbons (Fsp3) is 0.333. The molecule has 6 heteroatoms. The third-order valence-corrected chi connectivity index (χ3v) is 6.42. The molecule has 2 heterocycles. The minimum Gasteiger partial charge on any atom is -0.303 e. The lowest BCUT2D eigenvalue weighted by Gasteiger charge is -2.17. The molecule has 0 spiro atoms. The van der Waals surface area contributed by atoms with Crippen LogP contribution in [0.15, 0.2) is 45.5 Å². The van der Waals surface area contributed by atoms with Gasteiger partial charge >= 0.3 is 0 Å². The van der Waals surface area contributed by atoms with E-state index in [9.17, 15) is 0 Å². The molecule has 0 saturated carbocycles. The maximum Gasteiger partial charge on any atom is 0.128 e. The molecule has 0 saturated heterocycles. The highest BCUT2D eigenvalue weighted by Gasteiger charge is 2.13. The molecule has 0 aliphatic rings. The maximum absolute atomic E-state index is 4.56. The lowest BCUT2D eigenvalue weighted by molar-refractivity contribution is 0.324. The largest absolute Gasteiger partial charge is 0.303 e. The number of hydrogen-bond acceptors (Lipinski definition) is 5. The first-order valence-corrected chi connectivity index (χ1v) is 10.7. The van der Waals surface area contributed by atoms with Crippen LogP contribution in [-0.2, 0) is 0 Å². The van der Waals surface area contributed by atoms with Gasteiger partial charge in [0, 0.05) is 27.7 Å². The van der Waals surface area contributed by atoms with E-state index in [2.05, 4.69) is 74.3 Å². The highest BCUT2D eigenvalue weighted by atomic mass is 79.9. The Balaban J connectivity index is 1.88. The zero-order valence-electron chi connectivity index (χ0n) is 13.8. The molecule has 3 rings (SSSR count). The summed E-state index contributed by atoms with van der Waals surface area (Å²) in [6, 6.07) is 8.44. The summed E-state index contributed by atoms with van der Waals surface area (Å²) < 4.78 is 1.09. The van der Waals surface area contributed by atoms with Crippen LogP contribution in [0.4, 0.5) is 0 Å². The summed E-state index contributed by atoms with van der Waals surface area (Å²) in [7, 11) is 0. The molecule has 0 aliphatic heterocycles. The highest BCUT2D eigenvalue weighted by molar-refractivity contribution is 9.10. The summed E-state index contributed by atoms with van der Waals surface area (Å²) in [5.41, 5.74) is 2.44. The van der Waals surface area contributed by atoms with Crippen LogP contribution in [0, 0.1) is 0 Å². The summed E-state index contributed by atoms with van der Waals surface area (Å²) in [5, 5.41) is 4.47. The first kappa shape index (κ1) is 17.9. The Hall–Kier alpha value is -0.950. The van der Waals surface area contributed by atoms with Crippen molar-refractivity contribution in [1.29, 1.82) is 0 Å². The molecule has 126 valence electrons. The van der Waals surface area contributed by atoms with Gasteiger partial charge in [-0.25, -0.2) is 9.97 Å². The van der Waals surface area contributed by atoms with Gasteiger partial charge in [0.2, 0.25) is 0 Å². The van der Waals surface area contributed by atoms with Crippen LogP contribution in [0.2, 0.25) is 0 Å². The van der Waals surface area contributed by atoms with E-state index in [0.717, 1.165) is 39.7 Å². The van der Waals surface area contributed by atoms with E-state index in [4.69, 9.17) is 0 Å². The fourth-order valence-electron chi connectivity index (χ4n) is 2.61. The lowest BCUT2D eigenvalue weighted by Crippen LogP contribution is -2.25. The van der Waals surface area contributed by atoms with Gasteiger partial charge < -0.3 is 4.90 Å². The summed E-state index contributed by atoms with van der Waals surface area (Å²) >= 11 is 7.02. The topological polar surface area (TPSA) is 29.0 Å². The molecule has 1 aromatic carbocycles. The molecule has 0 aliphatic carbocycles. The molecule has 0 radical (unpaired) electrons. The van der Waals surface area contributed by atoms with Crippen LogP contribution in [0.3, 0.4) is 0 Å². The number of benzene rings is 1. The van der Waals surface area contributed by atoms with Crippen LogP contribution < -0.4 is 0 Å². The van der Waals surface area contributed by atoms with Crippen molar-refractivity contribution < 1.29 is 0 Å². The molecule has 0 amide bonds. The SMILES string of the molecule is CCN(CC)CCSc1ncnc2scc(-c3ccc(Br)cc3)c12. The second kappa shape index (κ2) is 8.43. The lowest BCUT2D eigenvalue weighted by atomic mass is 10.1. The van der Waals surface area contributed by atoms with Gasteiger partial charge in [0.1, 0.15) is 16.2 Å². The quantitative estimate of drug-likeness (QED) is 0.369. The number of hydrogen-bond donors (Lipinski definition) is 0. The number of thiophene rings is 1. The highest BCUT2D eigenvalue weighted by Crippen LogP contribution is 2.38. The van der Waals surface area contributed by atoms with Crippen molar-refractivity contribution in [2.75, 3.05) is 25.4 Å². The molecule has 0 atom stereocenters. The Morgan fingerprint density at radius 3 is 2.58 bits per heavy atom. The van der Waals surface area contributed by atoms with Crippen molar-refractivity contribution in [3.8, 4) is 11.1 Å². The molecule has 3 aromatic rings. The summed E-state index contributed by atoms with van der Waals surface area (Å²) in [6.45, 7) is 7.70. The number of nitrogens with zero attached hydrogens (tertiary/aromatic N) is 3. The van der Waals surface area contributed by atoms with Gasteiger partial charge in [0.25, 0.3) is 0 Å². The molecular weight excluding hydrogens is 402 g/mol. The number of rotatable bonds is 7. The van der Waals surface area contributed by atoms with Crippen LogP contribution in [0.25, 0.3) is 21.3 Å². The first-order valence-electron chi connectivity index (χ1n) is 8.06.